The van der Waals surface area contributed by atoms with Crippen molar-refractivity contribution >= 4 is 29.5 Å². The molecule has 2 aromatic heterocycles. The molecule has 189 valence electrons. The second-order valence-electron chi connectivity index (χ2n) is 9.66. The Bertz CT molecular complexity index is 1890. The third kappa shape index (κ3) is 4.33. The van der Waals surface area contributed by atoms with Crippen LogP contribution in [0.4, 0.5) is 0 Å². The van der Waals surface area contributed by atoms with Crippen molar-refractivity contribution in [1.29, 1.82) is 0 Å². The molecule has 5 heteroatoms. The Morgan fingerprint density at radius 3 is 1.77 bits per heavy atom. The van der Waals surface area contributed by atoms with Gasteiger partial charge in [-0.15, -0.1) is 0 Å². The molecule has 0 bridgehead atoms. The Hall–Kier alpha value is -5.13. The predicted molar refractivity (Wildman–Crippen MR) is 163 cm³/mol. The van der Waals surface area contributed by atoms with Crippen LogP contribution in [0.15, 0.2) is 140 Å². The summed E-state index contributed by atoms with van der Waals surface area (Å²) in [5, 5.41) is 11.3. The number of aromatic nitrogens is 2. The molecule has 0 saturated carbocycles. The molecule has 1 N–H and O–H groups in total. The summed E-state index contributed by atoms with van der Waals surface area (Å²) in [5.74, 6) is 0.592. The summed E-state index contributed by atoms with van der Waals surface area (Å²) in [4.78, 5) is 5.01. The van der Waals surface area contributed by atoms with E-state index in [1.165, 1.54) is 0 Å². The van der Waals surface area contributed by atoms with Crippen molar-refractivity contribution in [3.63, 3.8) is 0 Å². The lowest BCUT2D eigenvalue weighted by molar-refractivity contribution is 0.454. The smallest absolute Gasteiger partial charge is 0.537 e. The Morgan fingerprint density at radius 1 is 0.525 bits per heavy atom. The average Bonchev–Trinajstić information content (AvgIpc) is 3.36. The van der Waals surface area contributed by atoms with E-state index < -0.39 is 0 Å². The fourth-order valence-corrected chi connectivity index (χ4v) is 5.38. The molecular weight excluding hydrogens is 491 g/mol. The quantitative estimate of drug-likeness (QED) is 0.228. The lowest BCUT2D eigenvalue weighted by Gasteiger charge is -2.12. The van der Waals surface area contributed by atoms with Gasteiger partial charge in [0.25, 0.3) is 0 Å². The topological polar surface area (TPSA) is 47.3 Å². The first-order valence-electron chi connectivity index (χ1n) is 13.2. The highest BCUT2D eigenvalue weighted by Gasteiger charge is 2.14. The predicted octanol–water partition coefficient (Wildman–Crippen LogP) is 8.09. The molecule has 0 spiro atoms. The molecule has 0 aliphatic rings. The standard InChI is InChI=1S/C35H24BN2O2/c39-36-40-29-19-20-35-31(23-29)30-13-7-8-14-34(30)38(35)28-17-15-24(16-18-28)27-21-32(25-9-3-1-4-10-25)37-33(22-27)26-11-5-2-6-12-26/h1-23,39H. The monoisotopic (exact) mass is 515 g/mol. The molecule has 5 aromatic carbocycles. The van der Waals surface area contributed by atoms with Gasteiger partial charge in [-0.1, -0.05) is 91.0 Å². The highest BCUT2D eigenvalue weighted by molar-refractivity contribution is 6.17. The fourth-order valence-electron chi connectivity index (χ4n) is 5.38. The molecule has 7 aromatic rings. The van der Waals surface area contributed by atoms with Gasteiger partial charge in [-0.3, -0.25) is 0 Å². The number of nitrogens with zero attached hydrogens (tertiary/aromatic N) is 2. The van der Waals surface area contributed by atoms with Crippen molar-refractivity contribution in [2.45, 2.75) is 0 Å². The van der Waals surface area contributed by atoms with Crippen LogP contribution in [0.25, 0.3) is 61.1 Å². The molecule has 4 nitrogen and oxygen atoms in total. The SMILES string of the molecule is O[B]Oc1ccc2c(c1)c1ccccc1n2-c1ccc(-c2cc(-c3ccccc3)nc(-c3ccccc3)c2)cc1. The lowest BCUT2D eigenvalue weighted by Crippen LogP contribution is -1.99. The Kier molecular flexibility index (Phi) is 6.12. The number of fused-ring (bicyclic) bond motifs is 3. The molecular formula is C35H24BN2O2. The number of pyridine rings is 1. The third-order valence-electron chi connectivity index (χ3n) is 7.26. The number of benzene rings is 5. The normalized spacial score (nSPS) is 11.1. The van der Waals surface area contributed by atoms with Crippen LogP contribution in [0.3, 0.4) is 0 Å². The van der Waals surface area contributed by atoms with E-state index in [0.29, 0.717) is 13.4 Å². The molecule has 0 fully saturated rings. The van der Waals surface area contributed by atoms with Crippen LogP contribution in [0.2, 0.25) is 0 Å². The van der Waals surface area contributed by atoms with Crippen molar-refractivity contribution in [3.8, 4) is 45.1 Å². The van der Waals surface area contributed by atoms with E-state index in [1.807, 2.05) is 60.7 Å². The molecule has 0 unspecified atom stereocenters. The van der Waals surface area contributed by atoms with Crippen LogP contribution in [-0.4, -0.2) is 22.3 Å². The molecule has 2 heterocycles. The zero-order valence-electron chi connectivity index (χ0n) is 21.6. The zero-order valence-corrected chi connectivity index (χ0v) is 21.6. The van der Waals surface area contributed by atoms with Gasteiger partial charge in [-0.25, -0.2) is 4.98 Å². The first-order valence-corrected chi connectivity index (χ1v) is 13.2. The van der Waals surface area contributed by atoms with Crippen LogP contribution in [0, 0.1) is 0 Å². The molecule has 0 aliphatic carbocycles. The maximum Gasteiger partial charge on any atom is 0.569 e. The largest absolute Gasteiger partial charge is 0.569 e. The number of hydrogen-bond acceptors (Lipinski definition) is 3. The van der Waals surface area contributed by atoms with Crippen molar-refractivity contribution in [2.24, 2.45) is 0 Å². The summed E-state index contributed by atoms with van der Waals surface area (Å²) in [7, 11) is 0.713. The van der Waals surface area contributed by atoms with E-state index in [2.05, 4.69) is 83.4 Å². The highest BCUT2D eigenvalue weighted by atomic mass is 16.5. The molecule has 0 atom stereocenters. The number of hydrogen-bond donors (Lipinski definition) is 1. The summed E-state index contributed by atoms with van der Waals surface area (Å²) >= 11 is 0. The van der Waals surface area contributed by atoms with Gasteiger partial charge in [-0.2, -0.15) is 0 Å². The van der Waals surface area contributed by atoms with Crippen molar-refractivity contribution in [1.82, 2.24) is 9.55 Å². The second kappa shape index (κ2) is 10.2. The van der Waals surface area contributed by atoms with E-state index in [-0.39, 0.29) is 0 Å². The van der Waals surface area contributed by atoms with Gasteiger partial charge in [-0.05, 0) is 59.7 Å². The van der Waals surface area contributed by atoms with Gasteiger partial charge in [0, 0.05) is 27.6 Å². The third-order valence-corrected chi connectivity index (χ3v) is 7.26. The van der Waals surface area contributed by atoms with Crippen molar-refractivity contribution < 1.29 is 9.68 Å². The highest BCUT2D eigenvalue weighted by Crippen LogP contribution is 2.35. The van der Waals surface area contributed by atoms with E-state index in [0.717, 1.165) is 61.1 Å². The first kappa shape index (κ1) is 24.0. The van der Waals surface area contributed by atoms with Crippen molar-refractivity contribution in [2.75, 3.05) is 0 Å². The first-order chi connectivity index (χ1) is 19.8. The van der Waals surface area contributed by atoms with Gasteiger partial charge in [0.2, 0.25) is 0 Å². The summed E-state index contributed by atoms with van der Waals surface area (Å²) in [5.41, 5.74) is 9.55. The Labute approximate surface area is 233 Å². The minimum absolute atomic E-state index is 0.592. The molecule has 7 rings (SSSR count). The molecule has 1 radical (unpaired) electrons. The summed E-state index contributed by atoms with van der Waals surface area (Å²) < 4.78 is 7.50. The molecule has 40 heavy (non-hydrogen) atoms. The van der Waals surface area contributed by atoms with Crippen LogP contribution in [0.1, 0.15) is 0 Å². The maximum atomic E-state index is 9.12. The maximum absolute atomic E-state index is 9.12. The molecule has 0 saturated heterocycles. The molecule has 0 amide bonds. The van der Waals surface area contributed by atoms with E-state index in [4.69, 9.17) is 14.7 Å². The van der Waals surface area contributed by atoms with Gasteiger partial charge >= 0.3 is 7.69 Å². The van der Waals surface area contributed by atoms with E-state index in [1.54, 1.807) is 0 Å². The summed E-state index contributed by atoms with van der Waals surface area (Å²) in [6.45, 7) is 0. The summed E-state index contributed by atoms with van der Waals surface area (Å²) in [6, 6.07) is 47.8. The number of para-hydroxylation sites is 1. The Balaban J connectivity index is 1.35. The van der Waals surface area contributed by atoms with E-state index >= 15 is 0 Å². The van der Waals surface area contributed by atoms with Crippen molar-refractivity contribution in [3.05, 3.63) is 140 Å². The average molecular weight is 515 g/mol. The lowest BCUT2D eigenvalue weighted by atomic mass is 10.00. The number of rotatable bonds is 6. The van der Waals surface area contributed by atoms with Gasteiger partial charge in [0.15, 0.2) is 0 Å². The second-order valence-corrected chi connectivity index (χ2v) is 9.66. The van der Waals surface area contributed by atoms with Gasteiger partial charge in [0.1, 0.15) is 5.75 Å². The minimum atomic E-state index is 0.592. The van der Waals surface area contributed by atoms with Crippen LogP contribution < -0.4 is 4.65 Å². The van der Waals surface area contributed by atoms with Crippen LogP contribution in [-0.2, 0) is 0 Å². The van der Waals surface area contributed by atoms with Gasteiger partial charge in [0.05, 0.1) is 22.4 Å². The van der Waals surface area contributed by atoms with Crippen LogP contribution >= 0.6 is 0 Å². The summed E-state index contributed by atoms with van der Waals surface area (Å²) in [6.07, 6.45) is 0. The minimum Gasteiger partial charge on any atom is -0.537 e. The fraction of sp³-hybridized carbons (Fsp3) is 0. The molecule has 0 aliphatic heterocycles. The van der Waals surface area contributed by atoms with E-state index in [9.17, 15) is 0 Å². The zero-order chi connectivity index (χ0) is 26.9. The Morgan fingerprint density at radius 2 is 1.12 bits per heavy atom. The van der Waals surface area contributed by atoms with Gasteiger partial charge < -0.3 is 14.2 Å². The van der Waals surface area contributed by atoms with Crippen LogP contribution in [0.5, 0.6) is 5.75 Å².